The second-order valence-electron chi connectivity index (χ2n) is 4.42. The van der Waals surface area contributed by atoms with E-state index in [0.29, 0.717) is 25.7 Å². The van der Waals surface area contributed by atoms with Gasteiger partial charge in [0.2, 0.25) is 0 Å². The summed E-state index contributed by atoms with van der Waals surface area (Å²) in [7, 11) is 0. The summed E-state index contributed by atoms with van der Waals surface area (Å²) in [6.45, 7) is 6.98. The van der Waals surface area contributed by atoms with Crippen molar-refractivity contribution in [3.8, 4) is 0 Å². The smallest absolute Gasteiger partial charge is 0.191 e. The molecule has 0 unspecified atom stereocenters. The topological polar surface area (TPSA) is 69.3 Å². The molecule has 0 spiro atoms. The van der Waals surface area contributed by atoms with Gasteiger partial charge >= 0.3 is 0 Å². The van der Waals surface area contributed by atoms with Crippen molar-refractivity contribution < 1.29 is 14.2 Å². The number of hydrogen-bond donors (Lipinski definition) is 1. The SMILES string of the molecule is CC1(CCN=C(N)N2CCOCC2)OCCO1.I. The van der Waals surface area contributed by atoms with Gasteiger partial charge in [-0.05, 0) is 6.92 Å². The predicted molar refractivity (Wildman–Crippen MR) is 79.2 cm³/mol. The first-order chi connectivity index (χ1) is 8.20. The number of halogens is 1. The molecule has 18 heavy (non-hydrogen) atoms. The molecule has 0 amide bonds. The Bertz CT molecular complexity index is 277. The van der Waals surface area contributed by atoms with E-state index in [-0.39, 0.29) is 24.0 Å². The molecular weight excluding hydrogens is 349 g/mol. The highest BCUT2D eigenvalue weighted by Gasteiger charge is 2.30. The molecule has 2 rings (SSSR count). The summed E-state index contributed by atoms with van der Waals surface area (Å²) in [4.78, 5) is 6.41. The van der Waals surface area contributed by atoms with Crippen molar-refractivity contribution in [1.29, 1.82) is 0 Å². The Morgan fingerprint density at radius 2 is 1.83 bits per heavy atom. The molecule has 0 atom stereocenters. The molecule has 0 aromatic heterocycles. The molecule has 2 aliphatic rings. The second-order valence-corrected chi connectivity index (χ2v) is 4.42. The molecule has 0 bridgehead atoms. The van der Waals surface area contributed by atoms with E-state index in [4.69, 9.17) is 19.9 Å². The van der Waals surface area contributed by atoms with E-state index in [1.54, 1.807) is 0 Å². The van der Waals surface area contributed by atoms with Crippen LogP contribution < -0.4 is 5.73 Å². The highest BCUT2D eigenvalue weighted by Crippen LogP contribution is 2.22. The normalized spacial score (nSPS) is 23.8. The molecule has 2 heterocycles. The Morgan fingerprint density at radius 3 is 2.44 bits per heavy atom. The number of morpholine rings is 1. The largest absolute Gasteiger partial charge is 0.378 e. The fourth-order valence-corrected chi connectivity index (χ4v) is 1.97. The number of aliphatic imine (C=N–C) groups is 1. The summed E-state index contributed by atoms with van der Waals surface area (Å²) < 4.78 is 16.3. The quantitative estimate of drug-likeness (QED) is 0.442. The van der Waals surface area contributed by atoms with Gasteiger partial charge in [0.05, 0.1) is 26.4 Å². The highest BCUT2D eigenvalue weighted by atomic mass is 127. The Hall–Kier alpha value is -0.120. The van der Waals surface area contributed by atoms with Crippen LogP contribution in [0.5, 0.6) is 0 Å². The Kier molecular flexibility index (Phi) is 6.61. The first kappa shape index (κ1) is 15.9. The first-order valence-electron chi connectivity index (χ1n) is 6.10. The Labute approximate surface area is 125 Å². The van der Waals surface area contributed by atoms with E-state index in [9.17, 15) is 0 Å². The number of nitrogens with two attached hydrogens (primary N) is 1. The van der Waals surface area contributed by atoms with Gasteiger partial charge in [-0.1, -0.05) is 0 Å². The zero-order chi connectivity index (χ0) is 12.1. The molecular formula is C11H22IN3O3. The Morgan fingerprint density at radius 1 is 1.22 bits per heavy atom. The van der Waals surface area contributed by atoms with Gasteiger partial charge in [-0.2, -0.15) is 0 Å². The summed E-state index contributed by atoms with van der Waals surface area (Å²) in [5, 5.41) is 0. The van der Waals surface area contributed by atoms with Gasteiger partial charge in [-0.3, -0.25) is 4.99 Å². The maximum atomic E-state index is 5.92. The van der Waals surface area contributed by atoms with E-state index in [2.05, 4.69) is 4.99 Å². The van der Waals surface area contributed by atoms with Crippen molar-refractivity contribution in [2.75, 3.05) is 46.1 Å². The van der Waals surface area contributed by atoms with Crippen LogP contribution in [0.2, 0.25) is 0 Å². The molecule has 2 N–H and O–H groups in total. The summed E-state index contributed by atoms with van der Waals surface area (Å²) in [6, 6.07) is 0. The minimum absolute atomic E-state index is 0. The predicted octanol–water partition coefficient (Wildman–Crippen LogP) is 0.404. The zero-order valence-electron chi connectivity index (χ0n) is 10.8. The molecule has 2 aliphatic heterocycles. The molecule has 0 aliphatic carbocycles. The lowest BCUT2D eigenvalue weighted by Gasteiger charge is -2.28. The fraction of sp³-hybridized carbons (Fsp3) is 0.909. The van der Waals surface area contributed by atoms with Crippen molar-refractivity contribution in [2.45, 2.75) is 19.1 Å². The number of nitrogens with zero attached hydrogens (tertiary/aromatic N) is 2. The zero-order valence-corrected chi connectivity index (χ0v) is 13.1. The van der Waals surface area contributed by atoms with Gasteiger partial charge in [-0.25, -0.2) is 0 Å². The van der Waals surface area contributed by atoms with Crippen molar-refractivity contribution in [1.82, 2.24) is 4.90 Å². The third-order valence-electron chi connectivity index (χ3n) is 3.07. The lowest BCUT2D eigenvalue weighted by atomic mass is 10.2. The first-order valence-corrected chi connectivity index (χ1v) is 6.10. The van der Waals surface area contributed by atoms with Crippen LogP contribution in [-0.4, -0.2) is 62.7 Å². The molecule has 2 saturated heterocycles. The van der Waals surface area contributed by atoms with Gasteiger partial charge in [0.25, 0.3) is 0 Å². The summed E-state index contributed by atoms with van der Waals surface area (Å²) in [6.07, 6.45) is 0.734. The standard InChI is InChI=1S/C11H21N3O3.HI/c1-11(16-8-9-17-11)2-3-13-10(12)14-4-6-15-7-5-14;/h2-9H2,1H3,(H2,12,13);1H. The lowest BCUT2D eigenvalue weighted by molar-refractivity contribution is -0.144. The fourth-order valence-electron chi connectivity index (χ4n) is 1.97. The van der Waals surface area contributed by atoms with Gasteiger partial charge in [0.1, 0.15) is 0 Å². The van der Waals surface area contributed by atoms with Crippen LogP contribution in [0.25, 0.3) is 0 Å². The van der Waals surface area contributed by atoms with Crippen molar-refractivity contribution in [3.05, 3.63) is 0 Å². The lowest BCUT2D eigenvalue weighted by Crippen LogP contribution is -2.45. The van der Waals surface area contributed by atoms with Crippen LogP contribution in [0.3, 0.4) is 0 Å². The summed E-state index contributed by atoms with van der Waals surface area (Å²) in [5.74, 6) is 0.115. The van der Waals surface area contributed by atoms with Gasteiger partial charge in [0, 0.05) is 26.1 Å². The number of rotatable bonds is 3. The second kappa shape index (κ2) is 7.46. The molecule has 106 valence electrons. The highest BCUT2D eigenvalue weighted by molar-refractivity contribution is 14.0. The van der Waals surface area contributed by atoms with Crippen LogP contribution in [-0.2, 0) is 14.2 Å². The minimum atomic E-state index is -0.477. The Balaban J connectivity index is 0.00000162. The van der Waals surface area contributed by atoms with Crippen LogP contribution in [0.15, 0.2) is 4.99 Å². The molecule has 6 nitrogen and oxygen atoms in total. The minimum Gasteiger partial charge on any atom is -0.378 e. The van der Waals surface area contributed by atoms with Crippen molar-refractivity contribution in [2.24, 2.45) is 10.7 Å². The maximum Gasteiger partial charge on any atom is 0.191 e. The number of hydrogen-bond acceptors (Lipinski definition) is 4. The van der Waals surface area contributed by atoms with E-state index in [1.165, 1.54) is 0 Å². The third-order valence-corrected chi connectivity index (χ3v) is 3.07. The molecule has 7 heteroatoms. The molecule has 0 aromatic carbocycles. The monoisotopic (exact) mass is 371 g/mol. The van der Waals surface area contributed by atoms with Crippen LogP contribution in [0.4, 0.5) is 0 Å². The summed E-state index contributed by atoms with van der Waals surface area (Å²) in [5.41, 5.74) is 5.92. The van der Waals surface area contributed by atoms with Crippen molar-refractivity contribution in [3.63, 3.8) is 0 Å². The van der Waals surface area contributed by atoms with E-state index >= 15 is 0 Å². The van der Waals surface area contributed by atoms with Gasteiger partial charge in [-0.15, -0.1) is 24.0 Å². The van der Waals surface area contributed by atoms with Gasteiger partial charge in [0.15, 0.2) is 11.7 Å². The van der Waals surface area contributed by atoms with Crippen LogP contribution >= 0.6 is 24.0 Å². The third kappa shape index (κ3) is 4.52. The van der Waals surface area contributed by atoms with Crippen molar-refractivity contribution >= 4 is 29.9 Å². The molecule has 0 radical (unpaired) electrons. The average molecular weight is 371 g/mol. The number of guanidine groups is 1. The van der Waals surface area contributed by atoms with Crippen LogP contribution in [0, 0.1) is 0 Å². The van der Waals surface area contributed by atoms with E-state index in [1.807, 2.05) is 11.8 Å². The average Bonchev–Trinajstić information content (AvgIpc) is 2.77. The molecule has 0 saturated carbocycles. The molecule has 0 aromatic rings. The maximum absolute atomic E-state index is 5.92. The van der Waals surface area contributed by atoms with Crippen LogP contribution in [0.1, 0.15) is 13.3 Å². The molecule has 2 fully saturated rings. The van der Waals surface area contributed by atoms with Gasteiger partial charge < -0.3 is 24.8 Å². The van der Waals surface area contributed by atoms with E-state index < -0.39 is 5.79 Å². The summed E-state index contributed by atoms with van der Waals surface area (Å²) >= 11 is 0. The van der Waals surface area contributed by atoms with E-state index in [0.717, 1.165) is 32.7 Å². The number of ether oxygens (including phenoxy) is 3.